The molecule has 14 rings (SSSR count). The Morgan fingerprint density at radius 2 is 1.03 bits per heavy atom. The normalized spacial score (nSPS) is 19.7. The van der Waals surface area contributed by atoms with E-state index in [1.54, 1.807) is 62.3 Å². The Kier molecular flexibility index (Phi) is 4.69. The Morgan fingerprint density at radius 3 is 1.74 bits per heavy atom. The largest absolute Gasteiger partial charge is 0.310 e. The molecule has 0 radical (unpaired) electrons. The molecular weight excluding hydrogens is 892 g/mol. The second kappa shape index (κ2) is 15.0. The van der Waals surface area contributed by atoms with Gasteiger partial charge in [-0.1, -0.05) is 159 Å². The number of hydrogen-bond donors (Lipinski definition) is 0. The number of para-hydroxylation sites is 3. The zero-order valence-electron chi connectivity index (χ0n) is 70.3. The zero-order chi connectivity index (χ0) is 75.3. The van der Waals surface area contributed by atoms with Crippen molar-refractivity contribution in [1.82, 2.24) is 4.57 Å². The SMILES string of the molecule is [2H]c1c([2H])c([2H])c(N(c2c([2H])c([2H])c([2H])c([2H])c2[2H])c2c([2H])c3c4c(c2[2H])N2c5c(c([2H])c([2H])c([2H])c5-n5c6c([2H])c([2H])c(C(C)(C)C)c([2H])c6c6c([2H])c(C(C)(C)C)c([2H])c2c65)B4c2c([2H])c(C(C)(C)C)c([2H])c([2H])c2N3c2c([2H])c([2H])c([2H])c3c2sc2c([2H])c([2H])c([2H])c([2H])c23)c([2H])c1[2H]. The molecule has 2 aromatic heterocycles. The molecule has 6 heteroatoms. The minimum atomic E-state index is -1.97. The van der Waals surface area contributed by atoms with Crippen LogP contribution < -0.4 is 31.1 Å². The predicted octanol–water partition coefficient (Wildman–Crippen LogP) is 16.9. The van der Waals surface area contributed by atoms with Gasteiger partial charge in [-0.3, -0.25) is 0 Å². The zero-order valence-corrected chi connectivity index (χ0v) is 41.1. The first-order valence-corrected chi connectivity index (χ1v) is 24.0. The van der Waals surface area contributed by atoms with Crippen LogP contribution >= 0.6 is 11.3 Å². The van der Waals surface area contributed by atoms with Gasteiger partial charge in [0.15, 0.2) is 0 Å². The summed E-state index contributed by atoms with van der Waals surface area (Å²) in [5.74, 6) is 0. The first kappa shape index (κ1) is 22.5. The minimum Gasteiger partial charge on any atom is -0.310 e. The van der Waals surface area contributed by atoms with Gasteiger partial charge in [-0.2, -0.15) is 0 Å². The van der Waals surface area contributed by atoms with E-state index >= 15 is 0 Å². The molecular formula is C66H57BN4S. The van der Waals surface area contributed by atoms with Crippen LogP contribution in [0.3, 0.4) is 0 Å². The van der Waals surface area contributed by atoms with E-state index in [4.69, 9.17) is 11.0 Å². The average Bonchev–Trinajstić information content (AvgIpc) is 1.14. The van der Waals surface area contributed by atoms with E-state index in [0.717, 1.165) is 4.90 Å². The van der Waals surface area contributed by atoms with Crippen LogP contribution in [0.25, 0.3) is 47.7 Å². The highest BCUT2D eigenvalue weighted by Crippen LogP contribution is 2.56. The van der Waals surface area contributed by atoms with Gasteiger partial charge in [0.25, 0.3) is 6.71 Å². The highest BCUT2D eigenvalue weighted by Gasteiger charge is 2.47. The van der Waals surface area contributed by atoms with Crippen molar-refractivity contribution in [2.45, 2.75) is 78.6 Å². The Bertz CT molecular complexity index is 5750. The van der Waals surface area contributed by atoms with Crippen molar-refractivity contribution in [1.29, 1.82) is 0 Å². The van der Waals surface area contributed by atoms with Crippen LogP contribution in [0, 0.1) is 0 Å². The molecule has 3 aliphatic heterocycles. The number of benzene rings is 9. The highest BCUT2D eigenvalue weighted by molar-refractivity contribution is 7.26. The summed E-state index contributed by atoms with van der Waals surface area (Å²) in [5.41, 5.74) is -12.4. The smallest absolute Gasteiger partial charge is 0.252 e. The molecule has 5 heterocycles. The second-order valence-electron chi connectivity index (χ2n) is 21.1. The monoisotopic (exact) mass is 979 g/mol. The quantitative estimate of drug-likeness (QED) is 0.163. The molecule has 0 fully saturated rings. The van der Waals surface area contributed by atoms with Gasteiger partial charge in [-0.25, -0.2) is 0 Å². The number of aromatic nitrogens is 1. The van der Waals surface area contributed by atoms with E-state index in [1.807, 2.05) is 0 Å². The van der Waals surface area contributed by atoms with Crippen molar-refractivity contribution < 1.29 is 41.1 Å². The Labute approximate surface area is 469 Å². The molecule has 0 spiro atoms. The van der Waals surface area contributed by atoms with E-state index in [9.17, 15) is 30.2 Å². The fraction of sp³-hybridized carbons (Fsp3) is 0.182. The number of rotatable bonds is 4. The molecule has 0 amide bonds. The van der Waals surface area contributed by atoms with Gasteiger partial charge in [-0.15, -0.1) is 11.3 Å². The van der Waals surface area contributed by atoms with Crippen LogP contribution in [-0.4, -0.2) is 11.3 Å². The molecule has 4 nitrogen and oxygen atoms in total. The van der Waals surface area contributed by atoms with Gasteiger partial charge in [-0.05, 0) is 134 Å². The van der Waals surface area contributed by atoms with Gasteiger partial charge in [0, 0.05) is 54.7 Å². The molecule has 0 aliphatic carbocycles. The maximum absolute atomic E-state index is 11.3. The standard InChI is InChI=1S/C66H57BN4S/c1-64(2,3)40-30-32-52-48(34-40)49-35-42(66(7,8)9)37-58-61(49)70(52)54-27-19-26-50-62(54)71(58)57-39-45(68(43-20-12-10-13-21-43)44-22-14-11-15-23-44)38-56-60(57)67(50)51-36-41(65(4,5)6)31-33-53(51)69(56)55-28-18-25-47-46-24-16-17-29-59(46)72-63(47)55/h10-39H,1-9H3/i10D,11D,12D,13D,14D,15D,16D,17D,18D,19D,20D,21D,22D,23D,24D,25D,26D,27D,28D,29D,30D,31D,32D,33D,34D,35D,36D,37D,38D,39D. The van der Waals surface area contributed by atoms with E-state index in [1.165, 1.54) is 9.47 Å². The summed E-state index contributed by atoms with van der Waals surface area (Å²) < 4.78 is 295. The molecule has 11 aromatic rings. The van der Waals surface area contributed by atoms with Crippen LogP contribution in [0.2, 0.25) is 0 Å². The van der Waals surface area contributed by atoms with E-state index in [0.29, 0.717) is 16.2 Å². The summed E-state index contributed by atoms with van der Waals surface area (Å²) in [7, 11) is 0. The van der Waals surface area contributed by atoms with Crippen LogP contribution in [0.15, 0.2) is 181 Å². The van der Waals surface area contributed by atoms with Gasteiger partial charge < -0.3 is 19.3 Å². The summed E-state index contributed by atoms with van der Waals surface area (Å²) in [5, 5.41) is -0.961. The average molecular weight is 979 g/mol. The molecule has 0 saturated carbocycles. The summed E-state index contributed by atoms with van der Waals surface area (Å²) in [6, 6.07) is -25.2. The Morgan fingerprint density at radius 1 is 0.431 bits per heavy atom. The Hall–Kier alpha value is -7.54. The van der Waals surface area contributed by atoms with Crippen LogP contribution in [0.4, 0.5) is 51.2 Å². The summed E-state index contributed by atoms with van der Waals surface area (Å²) >= 11 is 0.590. The first-order chi connectivity index (χ1) is 47.2. The fourth-order valence-corrected chi connectivity index (χ4v) is 11.0. The lowest BCUT2D eigenvalue weighted by Gasteiger charge is -2.47. The second-order valence-corrected chi connectivity index (χ2v) is 22.1. The number of thiophene rings is 1. The van der Waals surface area contributed by atoms with E-state index in [-0.39, 0.29) is 87.4 Å². The van der Waals surface area contributed by atoms with Crippen molar-refractivity contribution in [2.24, 2.45) is 0 Å². The van der Waals surface area contributed by atoms with E-state index in [2.05, 4.69) is 0 Å². The maximum atomic E-state index is 11.3. The first-order valence-electron chi connectivity index (χ1n) is 38.2. The molecule has 0 unspecified atom stereocenters. The molecule has 0 saturated heterocycles. The highest BCUT2D eigenvalue weighted by atomic mass is 32.1. The number of anilines is 9. The van der Waals surface area contributed by atoms with Gasteiger partial charge in [0.05, 0.1) is 85.3 Å². The van der Waals surface area contributed by atoms with Gasteiger partial charge in [0.1, 0.15) is 0 Å². The van der Waals surface area contributed by atoms with E-state index < -0.39 is 249 Å². The summed E-state index contributed by atoms with van der Waals surface area (Å²) in [6.07, 6.45) is 0. The van der Waals surface area contributed by atoms with Crippen molar-refractivity contribution in [2.75, 3.05) is 14.7 Å². The molecule has 0 bridgehead atoms. The predicted molar refractivity (Wildman–Crippen MR) is 312 cm³/mol. The number of hydrogen-bond acceptors (Lipinski definition) is 4. The van der Waals surface area contributed by atoms with Gasteiger partial charge >= 0.3 is 0 Å². The van der Waals surface area contributed by atoms with Crippen LogP contribution in [-0.2, 0) is 16.2 Å². The molecule has 0 atom stereocenters. The minimum absolute atomic E-state index is 0.0491. The van der Waals surface area contributed by atoms with Crippen molar-refractivity contribution in [3.05, 3.63) is 198 Å². The lowest BCUT2D eigenvalue weighted by molar-refractivity contribution is 0.590. The molecule has 350 valence electrons. The van der Waals surface area contributed by atoms with Crippen molar-refractivity contribution in [3.63, 3.8) is 0 Å². The summed E-state index contributed by atoms with van der Waals surface area (Å²) in [4.78, 5) is 2.69. The van der Waals surface area contributed by atoms with Crippen molar-refractivity contribution in [3.8, 4) is 5.69 Å². The van der Waals surface area contributed by atoms with Crippen LogP contribution in [0.5, 0.6) is 0 Å². The lowest BCUT2D eigenvalue weighted by atomic mass is 9.33. The van der Waals surface area contributed by atoms with Gasteiger partial charge in [0.2, 0.25) is 0 Å². The van der Waals surface area contributed by atoms with Crippen LogP contribution in [0.1, 0.15) is 120 Å². The molecule has 3 aliphatic rings. The van der Waals surface area contributed by atoms with Crippen molar-refractivity contribution >= 4 is 128 Å². The third-order valence-corrected chi connectivity index (χ3v) is 14.5. The topological polar surface area (TPSA) is 14.7 Å². The fourth-order valence-electron chi connectivity index (χ4n) is 9.94. The lowest BCUT2D eigenvalue weighted by Crippen LogP contribution is -2.62. The number of fused-ring (bicyclic) bond motifs is 12. The molecule has 9 aromatic carbocycles. The summed E-state index contributed by atoms with van der Waals surface area (Å²) in [6.45, 7) is 13.1. The maximum Gasteiger partial charge on any atom is 0.252 e. The third-order valence-electron chi connectivity index (χ3n) is 13.3. The molecule has 72 heavy (non-hydrogen) atoms. The molecule has 0 N–H and O–H groups in total. The third kappa shape index (κ3) is 6.18. The Balaban J connectivity index is 1.37. The number of nitrogens with zero attached hydrogens (tertiary/aromatic N) is 4.